The summed E-state index contributed by atoms with van der Waals surface area (Å²) in [5.41, 5.74) is 0.910. The molecule has 1 heterocycles. The van der Waals surface area contributed by atoms with Crippen LogP contribution >= 0.6 is 0 Å². The van der Waals surface area contributed by atoms with Crippen LogP contribution in [0, 0.1) is 11.8 Å². The molecule has 2 atom stereocenters. The van der Waals surface area contributed by atoms with Crippen molar-refractivity contribution in [2.24, 2.45) is 11.8 Å². The summed E-state index contributed by atoms with van der Waals surface area (Å²) in [6.07, 6.45) is 0. The number of carboxylic acid groups (broad SMARTS) is 1. The van der Waals surface area contributed by atoms with E-state index in [9.17, 15) is 14.7 Å². The Morgan fingerprint density at radius 1 is 1.16 bits per heavy atom. The lowest BCUT2D eigenvalue weighted by molar-refractivity contribution is -0.142. The monoisotopic (exact) mass is 340 g/mol. The summed E-state index contributed by atoms with van der Waals surface area (Å²) in [5, 5.41) is 11.4. The van der Waals surface area contributed by atoms with E-state index in [2.05, 4.69) is 0 Å². The van der Waals surface area contributed by atoms with Crippen LogP contribution in [-0.2, 0) is 9.59 Å². The molecule has 0 unspecified atom stereocenters. The number of benzene rings is 2. The molecule has 0 saturated carbocycles. The van der Waals surface area contributed by atoms with Crippen LogP contribution in [0.15, 0.2) is 42.5 Å². The fourth-order valence-electron chi connectivity index (χ4n) is 3.72. The molecule has 5 heteroatoms. The van der Waals surface area contributed by atoms with E-state index in [-0.39, 0.29) is 24.3 Å². The molecule has 1 amide bonds. The van der Waals surface area contributed by atoms with E-state index in [4.69, 9.17) is 0 Å². The van der Waals surface area contributed by atoms with E-state index in [0.717, 1.165) is 16.5 Å². The maximum absolute atomic E-state index is 12.9. The normalized spacial score (nSPS) is 20.7. The maximum Gasteiger partial charge on any atom is 0.308 e. The third-order valence-electron chi connectivity index (χ3n) is 5.04. The lowest BCUT2D eigenvalue weighted by Crippen LogP contribution is -2.40. The molecule has 1 fully saturated rings. The van der Waals surface area contributed by atoms with Crippen LogP contribution in [0.1, 0.15) is 13.8 Å². The molecule has 1 aliphatic rings. The van der Waals surface area contributed by atoms with Crippen LogP contribution in [0.3, 0.4) is 0 Å². The highest BCUT2D eigenvalue weighted by molar-refractivity contribution is 6.04. The fourth-order valence-corrected chi connectivity index (χ4v) is 3.72. The Balaban J connectivity index is 1.79. The number of aliphatic carboxylic acids is 1. The number of hydrogen-bond acceptors (Lipinski definition) is 3. The Morgan fingerprint density at radius 2 is 1.88 bits per heavy atom. The molecule has 3 rings (SSSR count). The maximum atomic E-state index is 12.9. The molecule has 0 aromatic heterocycles. The Kier molecular flexibility index (Phi) is 5.04. The molecule has 132 valence electrons. The van der Waals surface area contributed by atoms with Crippen LogP contribution in [0.5, 0.6) is 0 Å². The Morgan fingerprint density at radius 3 is 2.56 bits per heavy atom. The predicted octanol–water partition coefficient (Wildman–Crippen LogP) is 2.85. The molecule has 1 saturated heterocycles. The largest absolute Gasteiger partial charge is 0.481 e. The summed E-state index contributed by atoms with van der Waals surface area (Å²) in [6, 6.07) is 14.0. The minimum Gasteiger partial charge on any atom is -0.481 e. The van der Waals surface area contributed by atoms with Crippen molar-refractivity contribution in [3.8, 4) is 0 Å². The number of carbonyl (C=O) groups is 2. The molecule has 25 heavy (non-hydrogen) atoms. The number of carbonyl (C=O) groups excluding carboxylic acids is 1. The highest BCUT2D eigenvalue weighted by Crippen LogP contribution is 2.28. The average molecular weight is 340 g/mol. The van der Waals surface area contributed by atoms with Gasteiger partial charge in [-0.15, -0.1) is 0 Å². The van der Waals surface area contributed by atoms with Crippen LogP contribution in [0.2, 0.25) is 0 Å². The third kappa shape index (κ3) is 3.51. The summed E-state index contributed by atoms with van der Waals surface area (Å²) in [4.78, 5) is 27.9. The van der Waals surface area contributed by atoms with E-state index >= 15 is 0 Å². The molecule has 0 aliphatic carbocycles. The van der Waals surface area contributed by atoms with E-state index < -0.39 is 5.97 Å². The van der Waals surface area contributed by atoms with Gasteiger partial charge in [0.15, 0.2) is 0 Å². The van der Waals surface area contributed by atoms with E-state index in [1.54, 1.807) is 4.90 Å². The molecule has 2 aromatic rings. The van der Waals surface area contributed by atoms with E-state index in [1.165, 1.54) is 0 Å². The van der Waals surface area contributed by atoms with Gasteiger partial charge in [-0.1, -0.05) is 43.3 Å². The van der Waals surface area contributed by atoms with Gasteiger partial charge in [0.05, 0.1) is 18.2 Å². The van der Waals surface area contributed by atoms with Gasteiger partial charge in [0.1, 0.15) is 0 Å². The number of likely N-dealkylation sites (tertiary alicyclic amines) is 1. The second kappa shape index (κ2) is 7.23. The molecule has 1 aliphatic heterocycles. The number of likely N-dealkylation sites (N-methyl/N-ethyl adjacent to an activating group) is 1. The summed E-state index contributed by atoms with van der Waals surface area (Å²) in [7, 11) is 0. The van der Waals surface area contributed by atoms with E-state index in [1.807, 2.05) is 61.2 Å². The van der Waals surface area contributed by atoms with Gasteiger partial charge in [-0.05, 0) is 24.3 Å². The van der Waals surface area contributed by atoms with Crippen LogP contribution in [0.4, 0.5) is 5.69 Å². The van der Waals surface area contributed by atoms with Crippen LogP contribution in [0.25, 0.3) is 10.8 Å². The first kappa shape index (κ1) is 17.4. The quantitative estimate of drug-likeness (QED) is 0.909. The van der Waals surface area contributed by atoms with Crippen molar-refractivity contribution in [2.75, 3.05) is 31.1 Å². The van der Waals surface area contributed by atoms with Crippen molar-refractivity contribution >= 4 is 28.3 Å². The first-order valence-corrected chi connectivity index (χ1v) is 8.74. The van der Waals surface area contributed by atoms with Gasteiger partial charge in [0.25, 0.3) is 0 Å². The number of hydrogen-bond donors (Lipinski definition) is 1. The lowest BCUT2D eigenvalue weighted by Gasteiger charge is -2.25. The number of rotatable bonds is 5. The number of anilines is 1. The van der Waals surface area contributed by atoms with Crippen molar-refractivity contribution in [1.29, 1.82) is 0 Å². The van der Waals surface area contributed by atoms with Crippen LogP contribution in [-0.4, -0.2) is 48.1 Å². The molecule has 0 spiro atoms. The summed E-state index contributed by atoms with van der Waals surface area (Å²) in [5.74, 6) is -1.08. The number of amides is 1. The highest BCUT2D eigenvalue weighted by Gasteiger charge is 2.35. The van der Waals surface area contributed by atoms with Gasteiger partial charge >= 0.3 is 5.97 Å². The molecule has 0 radical (unpaired) electrons. The first-order valence-electron chi connectivity index (χ1n) is 8.74. The predicted molar refractivity (Wildman–Crippen MR) is 98.7 cm³/mol. The minimum atomic E-state index is -0.774. The van der Waals surface area contributed by atoms with Gasteiger partial charge < -0.3 is 10.0 Å². The van der Waals surface area contributed by atoms with Crippen molar-refractivity contribution in [3.63, 3.8) is 0 Å². The Bertz CT molecular complexity index is 784. The van der Waals surface area contributed by atoms with E-state index in [0.29, 0.717) is 19.6 Å². The lowest BCUT2D eigenvalue weighted by atomic mass is 9.99. The van der Waals surface area contributed by atoms with Crippen molar-refractivity contribution in [2.45, 2.75) is 13.8 Å². The highest BCUT2D eigenvalue weighted by atomic mass is 16.4. The standard InChI is InChI=1S/C20H24N2O3/c1-3-22(18-10-6-8-15-7-4-5-9-16(15)18)19(23)13-21-11-14(2)17(12-21)20(24)25/h4-10,14,17H,3,11-13H2,1-2H3,(H,24,25)/t14-,17-/m1/s1. The second-order valence-corrected chi connectivity index (χ2v) is 6.75. The van der Waals surface area contributed by atoms with Crippen LogP contribution < -0.4 is 4.90 Å². The molecule has 5 nitrogen and oxygen atoms in total. The molecular weight excluding hydrogens is 316 g/mol. The zero-order valence-electron chi connectivity index (χ0n) is 14.7. The van der Waals surface area contributed by atoms with Gasteiger partial charge in [0, 0.05) is 25.0 Å². The SMILES string of the molecule is CCN(C(=O)CN1C[C@@H](C)[C@H](C(=O)O)C1)c1cccc2ccccc12. The molecule has 2 aromatic carbocycles. The number of fused-ring (bicyclic) bond motifs is 1. The van der Waals surface area contributed by atoms with Gasteiger partial charge in [-0.3, -0.25) is 14.5 Å². The molecule has 1 N–H and O–H groups in total. The average Bonchev–Trinajstić information content (AvgIpc) is 2.96. The Hall–Kier alpha value is -2.40. The second-order valence-electron chi connectivity index (χ2n) is 6.75. The summed E-state index contributed by atoms with van der Waals surface area (Å²) < 4.78 is 0. The van der Waals surface area contributed by atoms with Gasteiger partial charge in [-0.2, -0.15) is 0 Å². The van der Waals surface area contributed by atoms with Gasteiger partial charge in [0.2, 0.25) is 5.91 Å². The van der Waals surface area contributed by atoms with Crippen molar-refractivity contribution in [3.05, 3.63) is 42.5 Å². The molecule has 0 bridgehead atoms. The fraction of sp³-hybridized carbons (Fsp3) is 0.400. The smallest absolute Gasteiger partial charge is 0.308 e. The van der Waals surface area contributed by atoms with Crippen molar-refractivity contribution in [1.82, 2.24) is 4.90 Å². The Labute approximate surface area is 147 Å². The summed E-state index contributed by atoms with van der Waals surface area (Å²) in [6.45, 7) is 5.83. The third-order valence-corrected chi connectivity index (χ3v) is 5.04. The topological polar surface area (TPSA) is 60.9 Å². The minimum absolute atomic E-state index is 0.0112. The van der Waals surface area contributed by atoms with Crippen molar-refractivity contribution < 1.29 is 14.7 Å². The molecular formula is C20H24N2O3. The first-order chi connectivity index (χ1) is 12.0. The zero-order chi connectivity index (χ0) is 18.0. The summed E-state index contributed by atoms with van der Waals surface area (Å²) >= 11 is 0. The number of carboxylic acids is 1. The number of nitrogens with zero attached hydrogens (tertiary/aromatic N) is 2. The zero-order valence-corrected chi connectivity index (χ0v) is 14.7. The van der Waals surface area contributed by atoms with Gasteiger partial charge in [-0.25, -0.2) is 0 Å².